The average molecular weight is 398 g/mol. The highest BCUT2D eigenvalue weighted by atomic mass is 32.2. The molecule has 3 rings (SSSR count). The molecule has 0 spiro atoms. The minimum absolute atomic E-state index is 0.0212. The van der Waals surface area contributed by atoms with Crippen molar-refractivity contribution in [2.24, 2.45) is 11.8 Å². The number of unbranched alkanes of at least 4 members (excludes halogenated alkanes) is 1. The molecule has 6 nitrogen and oxygen atoms in total. The van der Waals surface area contributed by atoms with Gasteiger partial charge in [0.15, 0.2) is 0 Å². The van der Waals surface area contributed by atoms with Crippen LogP contribution < -0.4 is 0 Å². The van der Waals surface area contributed by atoms with Crippen molar-refractivity contribution >= 4 is 16.1 Å². The Labute approximate surface area is 161 Å². The molecular weight excluding hydrogens is 369 g/mol. The van der Waals surface area contributed by atoms with Gasteiger partial charge in [-0.3, -0.25) is 0 Å². The van der Waals surface area contributed by atoms with Crippen LogP contribution in [0.5, 0.6) is 0 Å². The highest BCUT2D eigenvalue weighted by Gasteiger charge is 2.51. The molecule has 1 aromatic carbocycles. The number of sulfonamides is 1. The predicted octanol–water partition coefficient (Wildman–Crippen LogP) is 2.54. The van der Waals surface area contributed by atoms with E-state index in [9.17, 15) is 17.6 Å². The standard InChI is InChI=1S/C19H28FN3O3S/c1-4-5-9-27(25,26)22-11-15-12-23(19(24)21(2)3)18(17(15)13-22)14-7-6-8-16(20)10-14/h6-8,10,15,17-18H,4-5,9,11-13H2,1-3H3/t15-,17-,18+/m1/s1. The molecule has 0 unspecified atom stereocenters. The molecule has 2 saturated heterocycles. The number of hydrogen-bond donors (Lipinski definition) is 0. The molecule has 0 saturated carbocycles. The number of amides is 2. The van der Waals surface area contributed by atoms with E-state index >= 15 is 0 Å². The highest BCUT2D eigenvalue weighted by molar-refractivity contribution is 7.89. The van der Waals surface area contributed by atoms with Gasteiger partial charge in [0.25, 0.3) is 0 Å². The van der Waals surface area contributed by atoms with Crippen LogP contribution in [-0.4, -0.2) is 68.0 Å². The lowest BCUT2D eigenvalue weighted by molar-refractivity contribution is 0.157. The van der Waals surface area contributed by atoms with Crippen molar-refractivity contribution in [1.82, 2.24) is 14.1 Å². The summed E-state index contributed by atoms with van der Waals surface area (Å²) >= 11 is 0. The summed E-state index contributed by atoms with van der Waals surface area (Å²) in [6.07, 6.45) is 1.48. The molecule has 1 aromatic rings. The number of urea groups is 1. The number of halogens is 1. The summed E-state index contributed by atoms with van der Waals surface area (Å²) in [5.74, 6) is -0.141. The topological polar surface area (TPSA) is 60.9 Å². The molecule has 2 fully saturated rings. The first-order valence-electron chi connectivity index (χ1n) is 9.45. The first-order valence-corrected chi connectivity index (χ1v) is 11.1. The second kappa shape index (κ2) is 7.75. The van der Waals surface area contributed by atoms with Crippen LogP contribution in [0.1, 0.15) is 31.4 Å². The van der Waals surface area contributed by atoms with Gasteiger partial charge in [0.2, 0.25) is 10.0 Å². The first kappa shape index (κ1) is 20.1. The molecule has 2 heterocycles. The van der Waals surface area contributed by atoms with Crippen molar-refractivity contribution in [1.29, 1.82) is 0 Å². The zero-order valence-corrected chi connectivity index (χ0v) is 17.0. The monoisotopic (exact) mass is 397 g/mol. The molecule has 0 aliphatic carbocycles. The van der Waals surface area contributed by atoms with Gasteiger partial charge in [0, 0.05) is 39.6 Å². The zero-order valence-electron chi connectivity index (χ0n) is 16.1. The molecular formula is C19H28FN3O3S. The van der Waals surface area contributed by atoms with E-state index in [1.165, 1.54) is 17.0 Å². The molecule has 0 bridgehead atoms. The quantitative estimate of drug-likeness (QED) is 0.767. The Morgan fingerprint density at radius 2 is 2.00 bits per heavy atom. The van der Waals surface area contributed by atoms with Gasteiger partial charge in [-0.1, -0.05) is 25.5 Å². The third-order valence-corrected chi connectivity index (χ3v) is 7.49. The van der Waals surface area contributed by atoms with Crippen LogP contribution in [-0.2, 0) is 10.0 Å². The predicted molar refractivity (Wildman–Crippen MR) is 102 cm³/mol. The molecule has 27 heavy (non-hydrogen) atoms. The highest BCUT2D eigenvalue weighted by Crippen LogP contribution is 2.46. The maximum Gasteiger partial charge on any atom is 0.320 e. The molecule has 3 atom stereocenters. The lowest BCUT2D eigenvalue weighted by Gasteiger charge is -2.31. The molecule has 2 aliphatic heterocycles. The second-order valence-corrected chi connectivity index (χ2v) is 9.83. The number of rotatable bonds is 5. The van der Waals surface area contributed by atoms with Crippen LogP contribution in [0.15, 0.2) is 24.3 Å². The van der Waals surface area contributed by atoms with Gasteiger partial charge in [-0.05, 0) is 30.0 Å². The maximum atomic E-state index is 13.8. The molecule has 0 aromatic heterocycles. The summed E-state index contributed by atoms with van der Waals surface area (Å²) in [6.45, 7) is 3.27. The van der Waals surface area contributed by atoms with E-state index in [-0.39, 0.29) is 35.5 Å². The number of hydrogen-bond acceptors (Lipinski definition) is 3. The summed E-state index contributed by atoms with van der Waals surface area (Å²) in [6, 6.07) is 5.86. The minimum atomic E-state index is -3.29. The number of fused-ring (bicyclic) bond motifs is 1. The van der Waals surface area contributed by atoms with E-state index in [1.807, 2.05) is 13.0 Å². The number of carbonyl (C=O) groups is 1. The van der Waals surface area contributed by atoms with Crippen LogP contribution in [0.2, 0.25) is 0 Å². The Morgan fingerprint density at radius 1 is 1.26 bits per heavy atom. The Hall–Kier alpha value is -1.67. The Kier molecular flexibility index (Phi) is 5.76. The van der Waals surface area contributed by atoms with E-state index in [4.69, 9.17) is 0 Å². The minimum Gasteiger partial charge on any atom is -0.331 e. The van der Waals surface area contributed by atoms with Gasteiger partial charge < -0.3 is 9.80 Å². The van der Waals surface area contributed by atoms with Crippen molar-refractivity contribution in [3.05, 3.63) is 35.6 Å². The molecule has 0 N–H and O–H groups in total. The van der Waals surface area contributed by atoms with E-state index in [0.717, 1.165) is 12.0 Å². The van der Waals surface area contributed by atoms with Crippen LogP contribution in [0.4, 0.5) is 9.18 Å². The fourth-order valence-corrected chi connectivity index (χ4v) is 5.99. The number of likely N-dealkylation sites (tertiary alicyclic amines) is 1. The van der Waals surface area contributed by atoms with E-state index in [2.05, 4.69) is 0 Å². The van der Waals surface area contributed by atoms with Gasteiger partial charge in [-0.15, -0.1) is 0 Å². The van der Waals surface area contributed by atoms with Crippen LogP contribution >= 0.6 is 0 Å². The maximum absolute atomic E-state index is 13.8. The zero-order chi connectivity index (χ0) is 19.8. The average Bonchev–Trinajstić information content (AvgIpc) is 3.17. The smallest absolute Gasteiger partial charge is 0.320 e. The Bertz CT molecular complexity index is 799. The summed E-state index contributed by atoms with van der Waals surface area (Å²) in [7, 11) is 0.103. The van der Waals surface area contributed by atoms with Crippen molar-refractivity contribution in [3.63, 3.8) is 0 Å². The largest absolute Gasteiger partial charge is 0.331 e. The van der Waals surface area contributed by atoms with Gasteiger partial charge in [-0.2, -0.15) is 0 Å². The van der Waals surface area contributed by atoms with Crippen LogP contribution in [0, 0.1) is 17.7 Å². The van der Waals surface area contributed by atoms with E-state index < -0.39 is 10.0 Å². The third kappa shape index (κ3) is 3.96. The summed E-state index contributed by atoms with van der Waals surface area (Å²) in [5, 5.41) is 0. The van der Waals surface area contributed by atoms with Crippen molar-refractivity contribution in [3.8, 4) is 0 Å². The Morgan fingerprint density at radius 3 is 2.63 bits per heavy atom. The summed E-state index contributed by atoms with van der Waals surface area (Å²) in [4.78, 5) is 16.0. The van der Waals surface area contributed by atoms with Crippen LogP contribution in [0.25, 0.3) is 0 Å². The molecule has 2 amide bonds. The molecule has 0 radical (unpaired) electrons. The lowest BCUT2D eigenvalue weighted by atomic mass is 9.89. The summed E-state index contributed by atoms with van der Waals surface area (Å²) < 4.78 is 40.6. The number of nitrogens with zero attached hydrogens (tertiary/aromatic N) is 3. The molecule has 8 heteroatoms. The van der Waals surface area contributed by atoms with Gasteiger partial charge >= 0.3 is 6.03 Å². The molecule has 150 valence electrons. The van der Waals surface area contributed by atoms with E-state index in [0.29, 0.717) is 26.1 Å². The second-order valence-electron chi connectivity index (χ2n) is 7.74. The lowest BCUT2D eigenvalue weighted by Crippen LogP contribution is -2.42. The fourth-order valence-electron chi connectivity index (χ4n) is 4.26. The third-order valence-electron chi connectivity index (χ3n) is 5.60. The van der Waals surface area contributed by atoms with Gasteiger partial charge in [-0.25, -0.2) is 21.9 Å². The number of benzene rings is 1. The van der Waals surface area contributed by atoms with Crippen molar-refractivity contribution in [2.45, 2.75) is 25.8 Å². The fraction of sp³-hybridized carbons (Fsp3) is 0.632. The summed E-state index contributed by atoms with van der Waals surface area (Å²) in [5.41, 5.74) is 0.727. The van der Waals surface area contributed by atoms with Gasteiger partial charge in [0.05, 0.1) is 11.8 Å². The SMILES string of the molecule is CCCCS(=O)(=O)N1C[C@@H]2CN(C(=O)N(C)C)[C@@H](c3cccc(F)c3)[C@@H]2C1. The van der Waals surface area contributed by atoms with Crippen molar-refractivity contribution in [2.75, 3.05) is 39.5 Å². The number of carbonyl (C=O) groups excluding carboxylic acids is 1. The van der Waals surface area contributed by atoms with E-state index in [1.54, 1.807) is 29.4 Å². The first-order chi connectivity index (χ1) is 12.7. The molecule has 2 aliphatic rings. The van der Waals surface area contributed by atoms with Crippen molar-refractivity contribution < 1.29 is 17.6 Å². The van der Waals surface area contributed by atoms with Crippen LogP contribution in [0.3, 0.4) is 0 Å². The Balaban J connectivity index is 1.89. The normalized spacial score (nSPS) is 25.6. The van der Waals surface area contributed by atoms with Gasteiger partial charge in [0.1, 0.15) is 5.82 Å².